The van der Waals surface area contributed by atoms with Crippen molar-refractivity contribution < 1.29 is 24.8 Å². The van der Waals surface area contributed by atoms with Crippen LogP contribution in [0, 0.1) is 0 Å². The third kappa shape index (κ3) is 4.58. The van der Waals surface area contributed by atoms with E-state index in [0.717, 1.165) is 0 Å². The average molecular weight is 364 g/mol. The van der Waals surface area contributed by atoms with Crippen molar-refractivity contribution in [2.45, 2.75) is 0 Å². The highest BCUT2D eigenvalue weighted by molar-refractivity contribution is 5.73. The Morgan fingerprint density at radius 1 is 0.593 bits per heavy atom. The lowest BCUT2D eigenvalue weighted by molar-refractivity contribution is 0.403. The van der Waals surface area contributed by atoms with Crippen molar-refractivity contribution in [2.24, 2.45) is 0 Å². The predicted molar refractivity (Wildman–Crippen MR) is 102 cm³/mol. The van der Waals surface area contributed by atoms with Gasteiger partial charge >= 0.3 is 5.63 Å². The molecule has 0 saturated carbocycles. The van der Waals surface area contributed by atoms with Gasteiger partial charge in [-0.2, -0.15) is 0 Å². The second-order valence-electron chi connectivity index (χ2n) is 5.78. The normalized spacial score (nSPS) is 11.4. The van der Waals surface area contributed by atoms with Gasteiger partial charge in [-0.15, -0.1) is 0 Å². The van der Waals surface area contributed by atoms with Crippen LogP contribution in [0.4, 0.5) is 0 Å². The van der Waals surface area contributed by atoms with Gasteiger partial charge in [0, 0.05) is 6.07 Å². The molecule has 2 aromatic carbocycles. The Kier molecular flexibility index (Phi) is 4.99. The first kappa shape index (κ1) is 17.9. The number of hydrogen-bond donors (Lipinski definition) is 4. The van der Waals surface area contributed by atoms with Gasteiger partial charge < -0.3 is 24.8 Å². The smallest absolute Gasteiger partial charge is 0.336 e. The molecule has 6 nitrogen and oxygen atoms in total. The average Bonchev–Trinajstić information content (AvgIpc) is 2.63. The zero-order chi connectivity index (χ0) is 19.4. The zero-order valence-corrected chi connectivity index (χ0v) is 14.0. The van der Waals surface area contributed by atoms with Crippen LogP contribution < -0.4 is 5.63 Å². The summed E-state index contributed by atoms with van der Waals surface area (Å²) in [7, 11) is 0. The van der Waals surface area contributed by atoms with Crippen molar-refractivity contribution in [2.75, 3.05) is 0 Å². The van der Waals surface area contributed by atoms with Crippen LogP contribution in [0.5, 0.6) is 23.0 Å². The highest BCUT2D eigenvalue weighted by Crippen LogP contribution is 2.26. The molecule has 0 aliphatic rings. The molecule has 0 spiro atoms. The molecule has 1 heterocycles. The molecule has 3 rings (SSSR count). The summed E-state index contributed by atoms with van der Waals surface area (Å²) < 4.78 is 5.12. The van der Waals surface area contributed by atoms with Gasteiger partial charge in [-0.1, -0.05) is 30.4 Å². The number of hydrogen-bond acceptors (Lipinski definition) is 6. The van der Waals surface area contributed by atoms with Gasteiger partial charge in [0.05, 0.1) is 0 Å². The van der Waals surface area contributed by atoms with Gasteiger partial charge in [-0.3, -0.25) is 0 Å². The number of rotatable bonds is 4. The zero-order valence-electron chi connectivity index (χ0n) is 14.0. The van der Waals surface area contributed by atoms with Crippen LogP contribution in [0.1, 0.15) is 22.5 Å². The van der Waals surface area contributed by atoms with E-state index < -0.39 is 5.63 Å². The molecule has 0 unspecified atom stereocenters. The maximum absolute atomic E-state index is 11.8. The number of aromatic hydroxyl groups is 4. The second kappa shape index (κ2) is 7.53. The molecule has 0 saturated heterocycles. The van der Waals surface area contributed by atoms with Crippen molar-refractivity contribution in [1.29, 1.82) is 0 Å². The van der Waals surface area contributed by atoms with Crippen LogP contribution in [0.2, 0.25) is 0 Å². The van der Waals surface area contributed by atoms with Crippen LogP contribution in [0.3, 0.4) is 0 Å². The minimum Gasteiger partial charge on any atom is -0.504 e. The van der Waals surface area contributed by atoms with E-state index >= 15 is 0 Å². The van der Waals surface area contributed by atoms with E-state index in [1.54, 1.807) is 42.5 Å². The molecule has 3 aromatic rings. The largest absolute Gasteiger partial charge is 0.504 e. The molecule has 0 atom stereocenters. The Labute approximate surface area is 154 Å². The van der Waals surface area contributed by atoms with Crippen molar-refractivity contribution >= 4 is 24.3 Å². The molecule has 0 amide bonds. The Morgan fingerprint density at radius 2 is 1.11 bits per heavy atom. The lowest BCUT2D eigenvalue weighted by Crippen LogP contribution is -1.98. The van der Waals surface area contributed by atoms with Gasteiger partial charge in [-0.05, 0) is 53.1 Å². The van der Waals surface area contributed by atoms with Crippen LogP contribution in [-0.4, -0.2) is 20.4 Å². The summed E-state index contributed by atoms with van der Waals surface area (Å²) >= 11 is 0. The van der Waals surface area contributed by atoms with Crippen molar-refractivity contribution in [3.8, 4) is 23.0 Å². The van der Waals surface area contributed by atoms with Crippen molar-refractivity contribution in [1.82, 2.24) is 0 Å². The van der Waals surface area contributed by atoms with Gasteiger partial charge in [0.1, 0.15) is 5.76 Å². The number of phenolic OH excluding ortho intramolecular Hbond substituents is 4. The standard InChI is InChI=1S/C21H16O6/c22-17-7-4-13(10-19(17)24)1-2-15-9-16(27-21(26)12-15)6-3-14-5-8-18(23)20(25)11-14/h1-12,22-25H/b2-1+,6-3+. The fourth-order valence-corrected chi connectivity index (χ4v) is 2.35. The molecule has 27 heavy (non-hydrogen) atoms. The van der Waals surface area contributed by atoms with E-state index in [1.165, 1.54) is 30.3 Å². The molecule has 4 N–H and O–H groups in total. The first-order valence-corrected chi connectivity index (χ1v) is 7.96. The maximum atomic E-state index is 11.8. The molecule has 6 heteroatoms. The quantitative estimate of drug-likeness (QED) is 0.524. The summed E-state index contributed by atoms with van der Waals surface area (Å²) in [5.74, 6) is -0.590. The first-order valence-electron chi connectivity index (χ1n) is 7.96. The Balaban J connectivity index is 1.84. The van der Waals surface area contributed by atoms with Crippen LogP contribution in [-0.2, 0) is 0 Å². The van der Waals surface area contributed by atoms with Gasteiger partial charge in [0.25, 0.3) is 0 Å². The van der Waals surface area contributed by atoms with Crippen LogP contribution in [0.15, 0.2) is 57.7 Å². The summed E-state index contributed by atoms with van der Waals surface area (Å²) in [6.07, 6.45) is 6.55. The Bertz CT molecular complexity index is 1010. The minimum atomic E-state index is -0.529. The fraction of sp³-hybridized carbons (Fsp3) is 0. The van der Waals surface area contributed by atoms with Gasteiger partial charge in [0.2, 0.25) is 0 Å². The highest BCUT2D eigenvalue weighted by atomic mass is 16.4. The van der Waals surface area contributed by atoms with E-state index in [9.17, 15) is 25.2 Å². The molecule has 0 fully saturated rings. The van der Waals surface area contributed by atoms with E-state index in [4.69, 9.17) is 4.42 Å². The molecular weight excluding hydrogens is 348 g/mol. The summed E-state index contributed by atoms with van der Waals surface area (Å²) in [6.45, 7) is 0. The Morgan fingerprint density at radius 3 is 1.67 bits per heavy atom. The third-order valence-electron chi connectivity index (χ3n) is 3.72. The first-order chi connectivity index (χ1) is 12.9. The Hall–Kier alpha value is -3.93. The molecular formula is C21H16O6. The van der Waals surface area contributed by atoms with E-state index in [2.05, 4.69) is 0 Å². The van der Waals surface area contributed by atoms with E-state index in [1.807, 2.05) is 0 Å². The lowest BCUT2D eigenvalue weighted by Gasteiger charge is -2.00. The van der Waals surface area contributed by atoms with E-state index in [-0.39, 0.29) is 23.0 Å². The predicted octanol–water partition coefficient (Wildman–Crippen LogP) is 3.80. The number of phenols is 4. The van der Waals surface area contributed by atoms with Gasteiger partial charge in [-0.25, -0.2) is 4.79 Å². The summed E-state index contributed by atoms with van der Waals surface area (Å²) in [6, 6.07) is 11.7. The lowest BCUT2D eigenvalue weighted by atomic mass is 10.1. The second-order valence-corrected chi connectivity index (χ2v) is 5.78. The fourth-order valence-electron chi connectivity index (χ4n) is 2.35. The molecule has 0 aliphatic carbocycles. The van der Waals surface area contributed by atoms with Crippen molar-refractivity contribution in [3.63, 3.8) is 0 Å². The summed E-state index contributed by atoms with van der Waals surface area (Å²) in [5.41, 5.74) is 1.33. The maximum Gasteiger partial charge on any atom is 0.336 e. The van der Waals surface area contributed by atoms with E-state index in [0.29, 0.717) is 22.5 Å². The minimum absolute atomic E-state index is 0.208. The molecule has 136 valence electrons. The molecule has 0 radical (unpaired) electrons. The highest BCUT2D eigenvalue weighted by Gasteiger charge is 2.01. The molecule has 0 bridgehead atoms. The van der Waals surface area contributed by atoms with Gasteiger partial charge in [0.15, 0.2) is 23.0 Å². The molecule has 1 aromatic heterocycles. The summed E-state index contributed by atoms with van der Waals surface area (Å²) in [5, 5.41) is 37.6. The monoisotopic (exact) mass is 364 g/mol. The summed E-state index contributed by atoms with van der Waals surface area (Å²) in [4.78, 5) is 11.8. The van der Waals surface area contributed by atoms with Crippen LogP contribution >= 0.6 is 0 Å². The number of benzene rings is 2. The third-order valence-corrected chi connectivity index (χ3v) is 3.72. The van der Waals surface area contributed by atoms with Crippen molar-refractivity contribution in [3.05, 3.63) is 81.4 Å². The molecule has 0 aliphatic heterocycles. The van der Waals surface area contributed by atoms with Crippen LogP contribution in [0.25, 0.3) is 24.3 Å². The topological polar surface area (TPSA) is 111 Å². The SMILES string of the molecule is O=c1cc(/C=C/c2ccc(O)c(O)c2)cc(/C=C/c2ccc(O)c(O)c2)o1.